The molecule has 11 nitrogen and oxygen atoms in total. The van der Waals surface area contributed by atoms with Gasteiger partial charge in [-0.25, -0.2) is 19.7 Å². The lowest BCUT2D eigenvalue weighted by Gasteiger charge is -2.22. The number of rotatable bonds is 7. The van der Waals surface area contributed by atoms with Crippen molar-refractivity contribution in [3.63, 3.8) is 0 Å². The number of anilines is 1. The predicted molar refractivity (Wildman–Crippen MR) is 129 cm³/mol. The predicted octanol–water partition coefficient (Wildman–Crippen LogP) is 4.93. The number of aryl methyl sites for hydroxylation is 1. The van der Waals surface area contributed by atoms with Gasteiger partial charge in [0.1, 0.15) is 11.3 Å². The Kier molecular flexibility index (Phi) is 8.21. The van der Waals surface area contributed by atoms with Crippen LogP contribution in [0.25, 0.3) is 0 Å². The summed E-state index contributed by atoms with van der Waals surface area (Å²) in [5.74, 6) is -1.15. The molecule has 35 heavy (non-hydrogen) atoms. The van der Waals surface area contributed by atoms with Crippen LogP contribution in [0.1, 0.15) is 35.7 Å². The van der Waals surface area contributed by atoms with Gasteiger partial charge in [0.05, 0.1) is 15.1 Å². The van der Waals surface area contributed by atoms with E-state index in [0.717, 1.165) is 11.0 Å². The molecule has 0 saturated carbocycles. The number of hydrogen-bond acceptors (Lipinski definition) is 8. The molecule has 0 bridgehead atoms. The molecule has 1 N–H and O–H groups in total. The quantitative estimate of drug-likeness (QED) is 0.327. The summed E-state index contributed by atoms with van der Waals surface area (Å²) in [6.45, 7) is 3.48. The Morgan fingerprint density at radius 2 is 1.83 bits per heavy atom. The lowest BCUT2D eigenvalue weighted by molar-refractivity contribution is -0.385. The summed E-state index contributed by atoms with van der Waals surface area (Å²) in [4.78, 5) is 57.8. The summed E-state index contributed by atoms with van der Waals surface area (Å²) in [7, 11) is 0. The normalized spacial score (nSPS) is 10.4. The van der Waals surface area contributed by atoms with Gasteiger partial charge >= 0.3 is 12.0 Å². The van der Waals surface area contributed by atoms with Crippen molar-refractivity contribution in [2.75, 3.05) is 4.90 Å². The first kappa shape index (κ1) is 25.4. The van der Waals surface area contributed by atoms with Crippen LogP contribution in [0.4, 0.5) is 16.2 Å². The molecule has 0 spiro atoms. The van der Waals surface area contributed by atoms with Crippen LogP contribution in [-0.4, -0.2) is 32.7 Å². The van der Waals surface area contributed by atoms with E-state index in [0.29, 0.717) is 22.2 Å². The molecule has 4 amide bonds. The van der Waals surface area contributed by atoms with Crippen molar-refractivity contribution < 1.29 is 24.0 Å². The van der Waals surface area contributed by atoms with Crippen LogP contribution in [-0.2, 0) is 4.79 Å². The number of carbonyl (C=O) groups is 3. The highest BCUT2D eigenvalue weighted by atomic mass is 79.9. The van der Waals surface area contributed by atoms with Crippen molar-refractivity contribution in [1.29, 1.82) is 0 Å². The molecule has 0 radical (unpaired) electrons. The van der Waals surface area contributed by atoms with Gasteiger partial charge in [-0.2, -0.15) is 0 Å². The summed E-state index contributed by atoms with van der Waals surface area (Å²) in [6, 6.07) is 8.84. The van der Waals surface area contributed by atoms with Crippen LogP contribution >= 0.6 is 15.9 Å². The number of nitro groups is 1. The lowest BCUT2D eigenvalue weighted by Crippen LogP contribution is -2.46. The molecule has 3 rings (SSSR count). The van der Waals surface area contributed by atoms with Gasteiger partial charge < -0.3 is 4.74 Å². The van der Waals surface area contributed by atoms with Crippen molar-refractivity contribution in [2.45, 2.75) is 26.7 Å². The second-order valence-corrected chi connectivity index (χ2v) is 8.16. The van der Waals surface area contributed by atoms with Crippen LogP contribution < -0.4 is 15.0 Å². The van der Waals surface area contributed by atoms with Gasteiger partial charge in [-0.05, 0) is 59.1 Å². The first-order valence-electron chi connectivity index (χ1n) is 10.4. The number of amides is 4. The number of nitrogens with zero attached hydrogens (tertiary/aromatic N) is 4. The molecule has 180 valence electrons. The number of benzene rings is 2. The molecule has 0 fully saturated rings. The van der Waals surface area contributed by atoms with Crippen LogP contribution in [0, 0.1) is 17.0 Å². The smallest absolute Gasteiger partial charge is 0.335 e. The fourth-order valence-electron chi connectivity index (χ4n) is 3.08. The molecule has 2 aromatic carbocycles. The Labute approximate surface area is 208 Å². The topological polar surface area (TPSA) is 145 Å². The second kappa shape index (κ2) is 11.3. The number of halogens is 1. The average Bonchev–Trinajstić information content (AvgIpc) is 2.82. The average molecular weight is 542 g/mol. The summed E-state index contributed by atoms with van der Waals surface area (Å²) in [5, 5.41) is 13.3. The molecule has 12 heteroatoms. The third-order valence-corrected chi connectivity index (χ3v) is 5.11. The minimum atomic E-state index is -1.03. The number of carbonyl (C=O) groups excluding carboxylic acids is 3. The number of hydrogen-bond donors (Lipinski definition) is 1. The number of nitro benzene ring substituents is 1. The van der Waals surface area contributed by atoms with Crippen LogP contribution in [0.15, 0.2) is 59.3 Å². The standard InChI is InChI=1S/C23H20BrN5O6/c1-3-6-20(30)28(23(32)27-21(31)17-7-4-5-8-18(17)29(33)34)16-9-10-19(14(2)11-16)35-22-25-12-15(24)13-26-22/h4-5,7-13H,3,6H2,1-2H3,(H,27,31,32). The maximum atomic E-state index is 13.0. The molecule has 0 saturated heterocycles. The van der Waals surface area contributed by atoms with Crippen LogP contribution in [0.3, 0.4) is 0 Å². The highest BCUT2D eigenvalue weighted by molar-refractivity contribution is 9.10. The zero-order valence-electron chi connectivity index (χ0n) is 18.7. The Morgan fingerprint density at radius 3 is 2.46 bits per heavy atom. The van der Waals surface area contributed by atoms with Crippen LogP contribution in [0.5, 0.6) is 11.8 Å². The molecular weight excluding hydrogens is 522 g/mol. The highest BCUT2D eigenvalue weighted by Crippen LogP contribution is 2.28. The fraction of sp³-hybridized carbons (Fsp3) is 0.174. The zero-order valence-corrected chi connectivity index (χ0v) is 20.3. The number of aromatic nitrogens is 2. The van der Waals surface area contributed by atoms with Crippen molar-refractivity contribution in [1.82, 2.24) is 15.3 Å². The summed E-state index contributed by atoms with van der Waals surface area (Å²) in [5.41, 5.74) is -0.000986. The SMILES string of the molecule is CCCC(=O)N(C(=O)NC(=O)c1ccccc1[N+](=O)[O-])c1ccc(Oc2ncc(Br)cn2)c(C)c1. The number of ether oxygens (including phenoxy) is 1. The van der Waals surface area contributed by atoms with E-state index in [9.17, 15) is 24.5 Å². The highest BCUT2D eigenvalue weighted by Gasteiger charge is 2.28. The molecular formula is C23H20BrN5O6. The van der Waals surface area contributed by atoms with Gasteiger partial charge in [0.25, 0.3) is 11.6 Å². The van der Waals surface area contributed by atoms with Gasteiger partial charge in [0.2, 0.25) is 5.91 Å². The van der Waals surface area contributed by atoms with Gasteiger partial charge in [0, 0.05) is 24.9 Å². The molecule has 0 unspecified atom stereocenters. The van der Waals surface area contributed by atoms with E-state index in [1.54, 1.807) is 19.9 Å². The largest absolute Gasteiger partial charge is 0.424 e. The third-order valence-electron chi connectivity index (χ3n) is 4.70. The van der Waals surface area contributed by atoms with Crippen molar-refractivity contribution in [3.8, 4) is 11.8 Å². The monoisotopic (exact) mass is 541 g/mol. The molecule has 0 aliphatic rings. The van der Waals surface area contributed by atoms with E-state index in [4.69, 9.17) is 4.74 Å². The number of nitrogens with one attached hydrogen (secondary N) is 1. The van der Waals surface area contributed by atoms with E-state index in [-0.39, 0.29) is 23.7 Å². The summed E-state index contributed by atoms with van der Waals surface area (Å²) in [6.07, 6.45) is 3.55. The first-order chi connectivity index (χ1) is 16.7. The fourth-order valence-corrected chi connectivity index (χ4v) is 3.29. The molecule has 1 aromatic heterocycles. The molecule has 0 aliphatic carbocycles. The Morgan fingerprint density at radius 1 is 1.14 bits per heavy atom. The maximum Gasteiger partial charge on any atom is 0.335 e. The maximum absolute atomic E-state index is 13.0. The van der Waals surface area contributed by atoms with Crippen molar-refractivity contribution in [2.24, 2.45) is 0 Å². The van der Waals surface area contributed by atoms with E-state index in [2.05, 4.69) is 31.2 Å². The Bertz CT molecular complexity index is 1280. The van der Waals surface area contributed by atoms with Gasteiger partial charge in [0.15, 0.2) is 0 Å². The number of imide groups is 2. The molecule has 1 heterocycles. The molecule has 0 atom stereocenters. The number of urea groups is 1. The summed E-state index contributed by atoms with van der Waals surface area (Å²) >= 11 is 3.24. The van der Waals surface area contributed by atoms with Gasteiger partial charge in [-0.1, -0.05) is 19.1 Å². The Hall–Kier alpha value is -4.19. The molecule has 3 aromatic rings. The summed E-state index contributed by atoms with van der Waals surface area (Å²) < 4.78 is 6.34. The minimum Gasteiger partial charge on any atom is -0.424 e. The van der Waals surface area contributed by atoms with Crippen molar-refractivity contribution in [3.05, 3.63) is 80.6 Å². The van der Waals surface area contributed by atoms with Crippen molar-refractivity contribution >= 4 is 45.2 Å². The third kappa shape index (κ3) is 6.23. The van der Waals surface area contributed by atoms with E-state index >= 15 is 0 Å². The van der Waals surface area contributed by atoms with E-state index in [1.165, 1.54) is 42.7 Å². The lowest BCUT2D eigenvalue weighted by atomic mass is 10.1. The Balaban J connectivity index is 1.87. The van der Waals surface area contributed by atoms with Gasteiger partial charge in [-0.15, -0.1) is 0 Å². The van der Waals surface area contributed by atoms with E-state index < -0.39 is 28.5 Å². The second-order valence-electron chi connectivity index (χ2n) is 7.25. The zero-order chi connectivity index (χ0) is 25.5. The van der Waals surface area contributed by atoms with E-state index in [1.807, 2.05) is 0 Å². The minimum absolute atomic E-state index is 0.0388. The number of para-hydroxylation sites is 1. The first-order valence-corrected chi connectivity index (χ1v) is 11.2. The van der Waals surface area contributed by atoms with Gasteiger partial charge in [-0.3, -0.25) is 25.0 Å². The molecule has 0 aliphatic heterocycles. The van der Waals surface area contributed by atoms with Crippen LogP contribution in [0.2, 0.25) is 0 Å².